The first-order valence-corrected chi connectivity index (χ1v) is 5.24. The first kappa shape index (κ1) is 10.6. The van der Waals surface area contributed by atoms with Gasteiger partial charge in [0.1, 0.15) is 0 Å². The molecule has 3 nitrogen and oxygen atoms in total. The molecule has 0 fully saturated rings. The van der Waals surface area contributed by atoms with Gasteiger partial charge in [-0.15, -0.1) is 0 Å². The van der Waals surface area contributed by atoms with Gasteiger partial charge in [-0.25, -0.2) is 0 Å². The molecule has 2 rings (SSSR count). The van der Waals surface area contributed by atoms with Gasteiger partial charge >= 0.3 is 0 Å². The van der Waals surface area contributed by atoms with Crippen LogP contribution in [0.5, 0.6) is 0 Å². The molecule has 0 N–H and O–H groups in total. The number of aryl methyl sites for hydroxylation is 2. The molecule has 2 aromatic heterocycles. The van der Waals surface area contributed by atoms with Crippen LogP contribution in [0.25, 0.3) is 0 Å². The third kappa shape index (κ3) is 2.03. The average Bonchev–Trinajstić information content (AvgIpc) is 2.26. The summed E-state index contributed by atoms with van der Waals surface area (Å²) in [6.07, 6.45) is 3.58. The molecule has 0 aliphatic carbocycles. The Kier molecular flexibility index (Phi) is 2.86. The predicted octanol–water partition coefficient (Wildman–Crippen LogP) is 1.91. The molecule has 16 heavy (non-hydrogen) atoms. The van der Waals surface area contributed by atoms with Crippen LogP contribution in [0, 0.1) is 13.8 Å². The fraction of sp³-hybridized carbons (Fsp3) is 0.231. The van der Waals surface area contributed by atoms with Crippen LogP contribution in [-0.4, -0.2) is 9.55 Å². The van der Waals surface area contributed by atoms with Crippen molar-refractivity contribution in [1.82, 2.24) is 9.55 Å². The van der Waals surface area contributed by atoms with E-state index in [1.807, 2.05) is 32.2 Å². The highest BCUT2D eigenvalue weighted by Crippen LogP contribution is 2.07. The monoisotopic (exact) mass is 214 g/mol. The zero-order valence-corrected chi connectivity index (χ0v) is 9.47. The van der Waals surface area contributed by atoms with Crippen LogP contribution in [0.15, 0.2) is 41.5 Å². The van der Waals surface area contributed by atoms with E-state index in [2.05, 4.69) is 4.98 Å². The molecule has 82 valence electrons. The lowest BCUT2D eigenvalue weighted by Crippen LogP contribution is -2.21. The molecule has 0 atom stereocenters. The second kappa shape index (κ2) is 4.31. The van der Waals surface area contributed by atoms with E-state index in [0.717, 1.165) is 16.8 Å². The Balaban J connectivity index is 2.42. The van der Waals surface area contributed by atoms with E-state index in [1.165, 1.54) is 0 Å². The van der Waals surface area contributed by atoms with Gasteiger partial charge in [-0.05, 0) is 37.1 Å². The van der Waals surface area contributed by atoms with Gasteiger partial charge in [0.25, 0.3) is 5.56 Å². The van der Waals surface area contributed by atoms with Crippen molar-refractivity contribution in [3.63, 3.8) is 0 Å². The minimum absolute atomic E-state index is 0.0308. The van der Waals surface area contributed by atoms with E-state index in [-0.39, 0.29) is 5.56 Å². The first-order valence-electron chi connectivity index (χ1n) is 5.24. The average molecular weight is 214 g/mol. The van der Waals surface area contributed by atoms with Gasteiger partial charge in [0.2, 0.25) is 0 Å². The molecule has 0 spiro atoms. The van der Waals surface area contributed by atoms with Crippen molar-refractivity contribution in [2.45, 2.75) is 20.4 Å². The van der Waals surface area contributed by atoms with Gasteiger partial charge in [-0.3, -0.25) is 9.78 Å². The minimum atomic E-state index is 0.0308. The minimum Gasteiger partial charge on any atom is -0.308 e. The summed E-state index contributed by atoms with van der Waals surface area (Å²) in [5.74, 6) is 0. The van der Waals surface area contributed by atoms with Gasteiger partial charge in [0, 0.05) is 24.2 Å². The lowest BCUT2D eigenvalue weighted by atomic mass is 10.1. The summed E-state index contributed by atoms with van der Waals surface area (Å²) in [6, 6.07) is 7.26. The molecular weight excluding hydrogens is 200 g/mol. The molecule has 0 aromatic carbocycles. The topological polar surface area (TPSA) is 34.9 Å². The van der Waals surface area contributed by atoms with Crippen molar-refractivity contribution in [2.75, 3.05) is 0 Å². The number of nitrogens with zero attached hydrogens (tertiary/aromatic N) is 2. The van der Waals surface area contributed by atoms with Crippen molar-refractivity contribution in [1.29, 1.82) is 0 Å². The molecular formula is C13H14N2O. The van der Waals surface area contributed by atoms with Crippen LogP contribution < -0.4 is 5.56 Å². The summed E-state index contributed by atoms with van der Waals surface area (Å²) in [6.45, 7) is 4.55. The third-order valence-corrected chi connectivity index (χ3v) is 2.74. The van der Waals surface area contributed by atoms with Crippen LogP contribution in [0.3, 0.4) is 0 Å². The van der Waals surface area contributed by atoms with Crippen molar-refractivity contribution in [2.24, 2.45) is 0 Å². The number of hydrogen-bond donors (Lipinski definition) is 0. The van der Waals surface area contributed by atoms with Crippen molar-refractivity contribution in [3.8, 4) is 0 Å². The normalized spacial score (nSPS) is 10.4. The van der Waals surface area contributed by atoms with E-state index in [9.17, 15) is 4.79 Å². The molecule has 0 saturated carbocycles. The smallest absolute Gasteiger partial charge is 0.251 e. The van der Waals surface area contributed by atoms with Crippen LogP contribution >= 0.6 is 0 Å². The molecule has 0 radical (unpaired) electrons. The SMILES string of the molecule is Cc1ccncc1Cn1c(C)cccc1=O. The van der Waals surface area contributed by atoms with E-state index >= 15 is 0 Å². The van der Waals surface area contributed by atoms with Crippen LogP contribution in [0.2, 0.25) is 0 Å². The number of hydrogen-bond acceptors (Lipinski definition) is 2. The zero-order valence-electron chi connectivity index (χ0n) is 9.47. The van der Waals surface area contributed by atoms with Gasteiger partial charge in [0.15, 0.2) is 0 Å². The molecule has 0 bridgehead atoms. The summed E-state index contributed by atoms with van der Waals surface area (Å²) < 4.78 is 1.75. The second-order valence-corrected chi connectivity index (χ2v) is 3.89. The Bertz CT molecular complexity index is 558. The number of pyridine rings is 2. The largest absolute Gasteiger partial charge is 0.308 e. The Hall–Kier alpha value is -1.90. The maximum Gasteiger partial charge on any atom is 0.251 e. The summed E-state index contributed by atoms with van der Waals surface area (Å²) in [7, 11) is 0. The molecule has 0 saturated heterocycles. The number of rotatable bonds is 2. The summed E-state index contributed by atoms with van der Waals surface area (Å²) in [5.41, 5.74) is 3.24. The fourth-order valence-corrected chi connectivity index (χ4v) is 1.66. The number of aromatic nitrogens is 2. The Morgan fingerprint density at radius 1 is 1.25 bits per heavy atom. The maximum absolute atomic E-state index is 11.7. The van der Waals surface area contributed by atoms with Gasteiger partial charge in [-0.2, -0.15) is 0 Å². The molecule has 0 unspecified atom stereocenters. The Morgan fingerprint density at radius 2 is 2.06 bits per heavy atom. The van der Waals surface area contributed by atoms with Crippen LogP contribution in [0.1, 0.15) is 16.8 Å². The highest BCUT2D eigenvalue weighted by Gasteiger charge is 2.02. The van der Waals surface area contributed by atoms with E-state index in [4.69, 9.17) is 0 Å². The lowest BCUT2D eigenvalue weighted by molar-refractivity contribution is 0.723. The van der Waals surface area contributed by atoms with E-state index in [0.29, 0.717) is 6.54 Å². The van der Waals surface area contributed by atoms with Gasteiger partial charge < -0.3 is 4.57 Å². The van der Waals surface area contributed by atoms with E-state index in [1.54, 1.807) is 22.9 Å². The molecule has 0 aliphatic rings. The summed E-state index contributed by atoms with van der Waals surface area (Å²) in [5, 5.41) is 0. The third-order valence-electron chi connectivity index (χ3n) is 2.74. The lowest BCUT2D eigenvalue weighted by Gasteiger charge is -2.10. The van der Waals surface area contributed by atoms with E-state index < -0.39 is 0 Å². The predicted molar refractivity (Wildman–Crippen MR) is 63.5 cm³/mol. The van der Waals surface area contributed by atoms with Gasteiger partial charge in [-0.1, -0.05) is 6.07 Å². The standard InChI is InChI=1S/C13H14N2O/c1-10-6-7-14-8-12(10)9-15-11(2)4-3-5-13(15)16/h3-8H,9H2,1-2H3. The first-order chi connectivity index (χ1) is 7.68. The highest BCUT2D eigenvalue weighted by molar-refractivity contribution is 5.22. The Labute approximate surface area is 94.4 Å². The molecule has 2 aromatic rings. The quantitative estimate of drug-likeness (QED) is 0.765. The molecule has 3 heteroatoms. The second-order valence-electron chi connectivity index (χ2n) is 3.89. The summed E-state index contributed by atoms with van der Waals surface area (Å²) >= 11 is 0. The van der Waals surface area contributed by atoms with Crippen molar-refractivity contribution in [3.05, 3.63) is 63.8 Å². The Morgan fingerprint density at radius 3 is 2.75 bits per heavy atom. The summed E-state index contributed by atoms with van der Waals surface area (Å²) in [4.78, 5) is 15.8. The molecule has 0 amide bonds. The van der Waals surface area contributed by atoms with Crippen LogP contribution in [0.4, 0.5) is 0 Å². The van der Waals surface area contributed by atoms with Crippen LogP contribution in [-0.2, 0) is 6.54 Å². The molecule has 2 heterocycles. The van der Waals surface area contributed by atoms with Gasteiger partial charge in [0.05, 0.1) is 6.54 Å². The van der Waals surface area contributed by atoms with Crippen molar-refractivity contribution >= 4 is 0 Å². The molecule has 0 aliphatic heterocycles. The van der Waals surface area contributed by atoms with Crippen molar-refractivity contribution < 1.29 is 0 Å². The maximum atomic E-state index is 11.7. The fourth-order valence-electron chi connectivity index (χ4n) is 1.66. The highest BCUT2D eigenvalue weighted by atomic mass is 16.1. The zero-order chi connectivity index (χ0) is 11.5.